The molecule has 88 valence electrons. The van der Waals surface area contributed by atoms with E-state index in [4.69, 9.17) is 5.73 Å². The molecule has 0 bridgehead atoms. The second-order valence-corrected chi connectivity index (χ2v) is 5.44. The highest BCUT2D eigenvalue weighted by Crippen LogP contribution is 2.26. The molecule has 16 heavy (non-hydrogen) atoms. The lowest BCUT2D eigenvalue weighted by atomic mass is 10.0. The molecule has 3 N–H and O–H groups in total. The number of halogens is 1. The van der Waals surface area contributed by atoms with Crippen LogP contribution in [0.15, 0.2) is 22.7 Å². The van der Waals surface area contributed by atoms with E-state index in [1.165, 1.54) is 0 Å². The van der Waals surface area contributed by atoms with Crippen LogP contribution in [0.2, 0.25) is 0 Å². The maximum absolute atomic E-state index is 11.7. The SMILES string of the molecule is Cc1cccc(NC(=O)CC(C)(C)N)c1Br. The van der Waals surface area contributed by atoms with E-state index in [-0.39, 0.29) is 5.91 Å². The molecule has 0 aliphatic carbocycles. The largest absolute Gasteiger partial charge is 0.325 e. The van der Waals surface area contributed by atoms with Gasteiger partial charge in [0.05, 0.1) is 5.69 Å². The van der Waals surface area contributed by atoms with Crippen molar-refractivity contribution in [3.05, 3.63) is 28.2 Å². The van der Waals surface area contributed by atoms with Crippen LogP contribution in [0.1, 0.15) is 25.8 Å². The van der Waals surface area contributed by atoms with Crippen LogP contribution < -0.4 is 11.1 Å². The van der Waals surface area contributed by atoms with Gasteiger partial charge in [-0.3, -0.25) is 4.79 Å². The predicted molar refractivity (Wildman–Crippen MR) is 70.4 cm³/mol. The van der Waals surface area contributed by atoms with Crippen LogP contribution in [0.4, 0.5) is 5.69 Å². The van der Waals surface area contributed by atoms with Crippen LogP contribution in [0.5, 0.6) is 0 Å². The Hall–Kier alpha value is -0.870. The van der Waals surface area contributed by atoms with Crippen molar-refractivity contribution >= 4 is 27.5 Å². The smallest absolute Gasteiger partial charge is 0.226 e. The zero-order valence-electron chi connectivity index (χ0n) is 9.80. The van der Waals surface area contributed by atoms with Crippen LogP contribution in [0, 0.1) is 6.92 Å². The van der Waals surface area contributed by atoms with Crippen LogP contribution in [0.3, 0.4) is 0 Å². The molecule has 0 aliphatic rings. The molecule has 1 rings (SSSR count). The van der Waals surface area contributed by atoms with E-state index in [0.29, 0.717) is 6.42 Å². The van der Waals surface area contributed by atoms with Gasteiger partial charge in [0, 0.05) is 16.4 Å². The minimum Gasteiger partial charge on any atom is -0.325 e. The number of amides is 1. The molecular weight excluding hydrogens is 268 g/mol. The van der Waals surface area contributed by atoms with Gasteiger partial charge >= 0.3 is 0 Å². The third kappa shape index (κ3) is 3.94. The molecule has 3 nitrogen and oxygen atoms in total. The average Bonchev–Trinajstić information content (AvgIpc) is 2.09. The normalized spacial score (nSPS) is 11.3. The molecule has 0 atom stereocenters. The third-order valence-electron chi connectivity index (χ3n) is 2.08. The first-order chi connectivity index (χ1) is 7.29. The standard InChI is InChI=1S/C12H17BrN2O/c1-8-5-4-6-9(11(8)13)15-10(16)7-12(2,3)14/h4-6H,7,14H2,1-3H3,(H,15,16). The summed E-state index contributed by atoms with van der Waals surface area (Å²) >= 11 is 3.44. The van der Waals surface area contributed by atoms with Gasteiger partial charge in [-0.1, -0.05) is 12.1 Å². The number of anilines is 1. The summed E-state index contributed by atoms with van der Waals surface area (Å²) in [6, 6.07) is 5.74. The summed E-state index contributed by atoms with van der Waals surface area (Å²) in [6.07, 6.45) is 0.299. The van der Waals surface area contributed by atoms with Gasteiger partial charge in [0.25, 0.3) is 0 Å². The van der Waals surface area contributed by atoms with Crippen LogP contribution in [-0.2, 0) is 4.79 Å². The van der Waals surface area contributed by atoms with Gasteiger partial charge in [-0.05, 0) is 48.3 Å². The van der Waals surface area contributed by atoms with E-state index in [2.05, 4.69) is 21.2 Å². The minimum absolute atomic E-state index is 0.0706. The fourth-order valence-electron chi connectivity index (χ4n) is 1.35. The van der Waals surface area contributed by atoms with E-state index in [1.807, 2.05) is 39.0 Å². The van der Waals surface area contributed by atoms with Gasteiger partial charge in [0.2, 0.25) is 5.91 Å². The van der Waals surface area contributed by atoms with Crippen molar-refractivity contribution in [2.24, 2.45) is 5.73 Å². The van der Waals surface area contributed by atoms with Gasteiger partial charge in [-0.15, -0.1) is 0 Å². The Balaban J connectivity index is 2.74. The molecule has 1 aromatic rings. The summed E-state index contributed by atoms with van der Waals surface area (Å²) in [7, 11) is 0. The molecule has 1 amide bonds. The first-order valence-corrected chi connectivity index (χ1v) is 5.93. The molecule has 0 saturated carbocycles. The second-order valence-electron chi connectivity index (χ2n) is 4.65. The van der Waals surface area contributed by atoms with Gasteiger partial charge in [-0.25, -0.2) is 0 Å². The number of carbonyl (C=O) groups excluding carboxylic acids is 1. The van der Waals surface area contributed by atoms with Crippen LogP contribution >= 0.6 is 15.9 Å². The van der Waals surface area contributed by atoms with E-state index in [0.717, 1.165) is 15.7 Å². The molecule has 0 aliphatic heterocycles. The molecule has 0 unspecified atom stereocenters. The van der Waals surface area contributed by atoms with Crippen molar-refractivity contribution in [1.29, 1.82) is 0 Å². The number of nitrogens with one attached hydrogen (secondary N) is 1. The van der Waals surface area contributed by atoms with E-state index >= 15 is 0 Å². The molecule has 0 radical (unpaired) electrons. The molecule has 0 heterocycles. The molecule has 1 aromatic carbocycles. The zero-order chi connectivity index (χ0) is 12.3. The third-order valence-corrected chi connectivity index (χ3v) is 3.13. The second kappa shape index (κ2) is 4.97. The zero-order valence-corrected chi connectivity index (χ0v) is 11.4. The molecule has 4 heteroatoms. The number of rotatable bonds is 3. The lowest BCUT2D eigenvalue weighted by Gasteiger charge is -2.18. The highest BCUT2D eigenvalue weighted by atomic mass is 79.9. The summed E-state index contributed by atoms with van der Waals surface area (Å²) in [6.45, 7) is 5.64. The summed E-state index contributed by atoms with van der Waals surface area (Å²) in [5.74, 6) is -0.0706. The lowest BCUT2D eigenvalue weighted by Crippen LogP contribution is -2.36. The Morgan fingerprint density at radius 2 is 2.12 bits per heavy atom. The topological polar surface area (TPSA) is 55.1 Å². The van der Waals surface area contributed by atoms with E-state index < -0.39 is 5.54 Å². The highest BCUT2D eigenvalue weighted by molar-refractivity contribution is 9.10. The first-order valence-electron chi connectivity index (χ1n) is 5.13. The quantitative estimate of drug-likeness (QED) is 0.897. The molecule has 0 fully saturated rings. The van der Waals surface area contributed by atoms with Crippen molar-refractivity contribution in [2.75, 3.05) is 5.32 Å². The van der Waals surface area contributed by atoms with E-state index in [9.17, 15) is 4.79 Å². The molecule has 0 aromatic heterocycles. The summed E-state index contributed by atoms with van der Waals surface area (Å²) in [4.78, 5) is 11.7. The number of benzene rings is 1. The van der Waals surface area contributed by atoms with Crippen molar-refractivity contribution in [3.8, 4) is 0 Å². The van der Waals surface area contributed by atoms with E-state index in [1.54, 1.807) is 0 Å². The number of hydrogen-bond donors (Lipinski definition) is 2. The lowest BCUT2D eigenvalue weighted by molar-refractivity contribution is -0.117. The Morgan fingerprint density at radius 1 is 1.50 bits per heavy atom. The van der Waals surface area contributed by atoms with Crippen molar-refractivity contribution in [2.45, 2.75) is 32.7 Å². The molecule has 0 spiro atoms. The predicted octanol–water partition coefficient (Wildman–Crippen LogP) is 2.82. The van der Waals surface area contributed by atoms with Gasteiger partial charge in [-0.2, -0.15) is 0 Å². The summed E-state index contributed by atoms with van der Waals surface area (Å²) in [5.41, 5.74) is 7.17. The fourth-order valence-corrected chi connectivity index (χ4v) is 1.72. The Kier molecular flexibility index (Phi) is 4.10. The van der Waals surface area contributed by atoms with Gasteiger partial charge in [0.15, 0.2) is 0 Å². The maximum atomic E-state index is 11.7. The van der Waals surface area contributed by atoms with Crippen molar-refractivity contribution < 1.29 is 4.79 Å². The Labute approximate surface area is 105 Å². The first kappa shape index (κ1) is 13.2. The highest BCUT2D eigenvalue weighted by Gasteiger charge is 2.17. The average molecular weight is 285 g/mol. The summed E-state index contributed by atoms with van der Waals surface area (Å²) < 4.78 is 0.915. The monoisotopic (exact) mass is 284 g/mol. The van der Waals surface area contributed by atoms with Crippen LogP contribution in [0.25, 0.3) is 0 Å². The maximum Gasteiger partial charge on any atom is 0.226 e. The Morgan fingerprint density at radius 3 is 2.69 bits per heavy atom. The number of carbonyl (C=O) groups is 1. The number of aryl methyl sites for hydroxylation is 1. The molecule has 0 saturated heterocycles. The van der Waals surface area contributed by atoms with Crippen LogP contribution in [-0.4, -0.2) is 11.4 Å². The summed E-state index contributed by atoms with van der Waals surface area (Å²) in [5, 5.41) is 2.84. The van der Waals surface area contributed by atoms with Crippen molar-refractivity contribution in [1.82, 2.24) is 0 Å². The fraction of sp³-hybridized carbons (Fsp3) is 0.417. The minimum atomic E-state index is -0.486. The number of nitrogens with two attached hydrogens (primary N) is 1. The Bertz CT molecular complexity index is 396. The van der Waals surface area contributed by atoms with Gasteiger partial charge < -0.3 is 11.1 Å². The molecular formula is C12H17BrN2O. The van der Waals surface area contributed by atoms with Gasteiger partial charge in [0.1, 0.15) is 0 Å². The van der Waals surface area contributed by atoms with Crippen molar-refractivity contribution in [3.63, 3.8) is 0 Å². The number of hydrogen-bond acceptors (Lipinski definition) is 2.